The summed E-state index contributed by atoms with van der Waals surface area (Å²) < 4.78 is 38.3. The van der Waals surface area contributed by atoms with Crippen LogP contribution in [0.3, 0.4) is 0 Å². The third-order valence-electron chi connectivity index (χ3n) is 4.00. The first-order valence-electron chi connectivity index (χ1n) is 8.41. The van der Waals surface area contributed by atoms with Crippen LogP contribution < -0.4 is 5.32 Å². The van der Waals surface area contributed by atoms with Crippen molar-refractivity contribution in [1.29, 1.82) is 5.26 Å². The minimum Gasteiger partial charge on any atom is -0.321 e. The zero-order valence-corrected chi connectivity index (χ0v) is 15.4. The molecule has 0 unspecified atom stereocenters. The molecule has 2 aromatic rings. The molecule has 2 aromatic carbocycles. The summed E-state index contributed by atoms with van der Waals surface area (Å²) in [5.74, 6) is -1.03. The van der Waals surface area contributed by atoms with Gasteiger partial charge in [0.05, 0.1) is 10.5 Å². The molecule has 0 atom stereocenters. The number of benzene rings is 2. The van der Waals surface area contributed by atoms with E-state index in [-0.39, 0.29) is 22.9 Å². The highest BCUT2D eigenvalue weighted by Crippen LogP contribution is 2.31. The van der Waals surface area contributed by atoms with Crippen LogP contribution in [-0.4, -0.2) is 10.8 Å². The van der Waals surface area contributed by atoms with Gasteiger partial charge in [0.15, 0.2) is 0 Å². The quantitative estimate of drug-likeness (QED) is 0.318. The van der Waals surface area contributed by atoms with Gasteiger partial charge in [0, 0.05) is 17.3 Å². The zero-order chi connectivity index (χ0) is 21.8. The normalized spacial score (nSPS) is 11.8. The summed E-state index contributed by atoms with van der Waals surface area (Å²) in [7, 11) is 0. The third kappa shape index (κ3) is 5.42. The maximum atomic E-state index is 12.8. The van der Waals surface area contributed by atoms with Crippen LogP contribution in [0, 0.1) is 21.4 Å². The minimum atomic E-state index is -4.58. The van der Waals surface area contributed by atoms with E-state index < -0.39 is 28.1 Å². The summed E-state index contributed by atoms with van der Waals surface area (Å²) in [5, 5.41) is 22.7. The fourth-order valence-electron chi connectivity index (χ4n) is 2.58. The molecule has 0 heterocycles. The molecule has 150 valence electrons. The van der Waals surface area contributed by atoms with Gasteiger partial charge in [-0.1, -0.05) is 32.0 Å². The lowest BCUT2D eigenvalue weighted by Gasteiger charge is -2.10. The first kappa shape index (κ1) is 21.6. The largest absolute Gasteiger partial charge is 0.416 e. The smallest absolute Gasteiger partial charge is 0.321 e. The number of nitrogens with one attached hydrogen (secondary N) is 1. The topological polar surface area (TPSA) is 96.0 Å². The second-order valence-electron chi connectivity index (χ2n) is 6.43. The lowest BCUT2D eigenvalue weighted by atomic mass is 9.98. The molecule has 6 nitrogen and oxygen atoms in total. The Hall–Kier alpha value is -3.67. The predicted octanol–water partition coefficient (Wildman–Crippen LogP) is 5.28. The molecule has 0 aliphatic heterocycles. The fourth-order valence-corrected chi connectivity index (χ4v) is 2.58. The summed E-state index contributed by atoms with van der Waals surface area (Å²) in [5.41, 5.74) is -0.890. The van der Waals surface area contributed by atoms with Crippen LogP contribution in [0.15, 0.2) is 48.0 Å². The third-order valence-corrected chi connectivity index (χ3v) is 4.00. The maximum absolute atomic E-state index is 12.8. The van der Waals surface area contributed by atoms with Crippen LogP contribution >= 0.6 is 0 Å². The second kappa shape index (κ2) is 8.56. The summed E-state index contributed by atoms with van der Waals surface area (Å²) in [6, 6.07) is 9.94. The van der Waals surface area contributed by atoms with E-state index >= 15 is 0 Å². The van der Waals surface area contributed by atoms with Crippen molar-refractivity contribution in [2.24, 2.45) is 0 Å². The van der Waals surface area contributed by atoms with Crippen LogP contribution in [0.1, 0.15) is 36.5 Å². The van der Waals surface area contributed by atoms with Gasteiger partial charge in [-0.25, -0.2) is 0 Å². The van der Waals surface area contributed by atoms with Crippen molar-refractivity contribution in [3.8, 4) is 6.07 Å². The number of hydrogen-bond donors (Lipinski definition) is 1. The number of rotatable bonds is 5. The molecule has 0 spiro atoms. The number of hydrogen-bond acceptors (Lipinski definition) is 4. The lowest BCUT2D eigenvalue weighted by Crippen LogP contribution is -2.14. The monoisotopic (exact) mass is 403 g/mol. The summed E-state index contributed by atoms with van der Waals surface area (Å²) >= 11 is 0. The van der Waals surface area contributed by atoms with Crippen LogP contribution in [0.25, 0.3) is 6.08 Å². The first-order valence-corrected chi connectivity index (χ1v) is 8.41. The van der Waals surface area contributed by atoms with Crippen molar-refractivity contribution in [2.75, 3.05) is 5.32 Å². The molecule has 0 aliphatic rings. The molecule has 0 aliphatic carbocycles. The average Bonchev–Trinajstić information content (AvgIpc) is 2.65. The summed E-state index contributed by atoms with van der Waals surface area (Å²) in [6.07, 6.45) is -3.44. The van der Waals surface area contributed by atoms with Crippen molar-refractivity contribution >= 4 is 23.4 Å². The molecule has 0 aromatic heterocycles. The molecule has 9 heteroatoms. The Morgan fingerprint density at radius 2 is 1.93 bits per heavy atom. The molecule has 0 saturated heterocycles. The van der Waals surface area contributed by atoms with E-state index in [0.29, 0.717) is 5.56 Å². The number of carbonyl (C=O) groups is 1. The predicted molar refractivity (Wildman–Crippen MR) is 101 cm³/mol. The highest BCUT2D eigenvalue weighted by Gasteiger charge is 2.30. The average molecular weight is 403 g/mol. The van der Waals surface area contributed by atoms with Crippen LogP contribution in [0.5, 0.6) is 0 Å². The molecule has 0 radical (unpaired) electrons. The number of nitro groups is 1. The van der Waals surface area contributed by atoms with E-state index in [9.17, 15) is 33.3 Å². The Labute approximate surface area is 164 Å². The van der Waals surface area contributed by atoms with E-state index in [0.717, 1.165) is 24.3 Å². The number of nitrogens with zero attached hydrogens (tertiary/aromatic N) is 2. The van der Waals surface area contributed by atoms with E-state index in [1.165, 1.54) is 24.3 Å². The van der Waals surface area contributed by atoms with Gasteiger partial charge >= 0.3 is 6.18 Å². The number of carbonyl (C=O) groups excluding carboxylic acids is 1. The molecule has 0 saturated carbocycles. The van der Waals surface area contributed by atoms with E-state index in [4.69, 9.17) is 0 Å². The zero-order valence-electron chi connectivity index (χ0n) is 15.4. The van der Waals surface area contributed by atoms with Gasteiger partial charge < -0.3 is 5.32 Å². The van der Waals surface area contributed by atoms with Crippen molar-refractivity contribution in [3.63, 3.8) is 0 Å². The Morgan fingerprint density at radius 1 is 1.24 bits per heavy atom. The van der Waals surface area contributed by atoms with Crippen LogP contribution in [0.4, 0.5) is 24.5 Å². The maximum Gasteiger partial charge on any atom is 0.416 e. The SMILES string of the molecule is CC(C)c1ccc(/C=C(\C#N)C(=O)Nc2cccc(C(F)(F)F)c2)cc1[N+](=O)[O-]. The number of alkyl halides is 3. The molecule has 1 amide bonds. The van der Waals surface area contributed by atoms with Gasteiger partial charge in [-0.3, -0.25) is 14.9 Å². The minimum absolute atomic E-state index is 0.104. The standard InChI is InChI=1S/C20H16F3N3O3/c1-12(2)17-7-6-13(9-18(17)26(28)29)8-14(11-24)19(27)25-16-5-3-4-15(10-16)20(21,22)23/h3-10,12H,1-2H3,(H,25,27)/b14-8+. The summed E-state index contributed by atoms with van der Waals surface area (Å²) in [4.78, 5) is 23.0. The highest BCUT2D eigenvalue weighted by molar-refractivity contribution is 6.09. The van der Waals surface area contributed by atoms with E-state index in [1.54, 1.807) is 19.9 Å². The Kier molecular flexibility index (Phi) is 6.38. The Morgan fingerprint density at radius 3 is 2.48 bits per heavy atom. The molecule has 0 bridgehead atoms. The van der Waals surface area contributed by atoms with E-state index in [1.807, 2.05) is 0 Å². The highest BCUT2D eigenvalue weighted by atomic mass is 19.4. The van der Waals surface area contributed by atoms with Gasteiger partial charge in [0.25, 0.3) is 11.6 Å². The number of nitro benzene ring substituents is 1. The van der Waals surface area contributed by atoms with Crippen molar-refractivity contribution < 1.29 is 22.9 Å². The summed E-state index contributed by atoms with van der Waals surface area (Å²) in [6.45, 7) is 3.59. The molecule has 1 N–H and O–H groups in total. The van der Waals surface area contributed by atoms with Crippen molar-refractivity contribution in [2.45, 2.75) is 25.9 Å². The van der Waals surface area contributed by atoms with Gasteiger partial charge in [-0.05, 0) is 35.8 Å². The van der Waals surface area contributed by atoms with Gasteiger partial charge in [-0.15, -0.1) is 0 Å². The molecule has 29 heavy (non-hydrogen) atoms. The van der Waals surface area contributed by atoms with Gasteiger partial charge in [0.1, 0.15) is 11.6 Å². The molecule has 2 rings (SSSR count). The van der Waals surface area contributed by atoms with Crippen LogP contribution in [0.2, 0.25) is 0 Å². The molecular formula is C20H16F3N3O3. The first-order chi connectivity index (χ1) is 13.5. The molecule has 0 fully saturated rings. The van der Waals surface area contributed by atoms with Crippen molar-refractivity contribution in [3.05, 3.63) is 74.8 Å². The van der Waals surface area contributed by atoms with E-state index in [2.05, 4.69) is 5.32 Å². The second-order valence-corrected chi connectivity index (χ2v) is 6.43. The number of anilines is 1. The number of amides is 1. The number of halogens is 3. The molecular weight excluding hydrogens is 387 g/mol. The Balaban J connectivity index is 2.33. The fraction of sp³-hybridized carbons (Fsp3) is 0.200. The van der Waals surface area contributed by atoms with Crippen LogP contribution in [-0.2, 0) is 11.0 Å². The Bertz CT molecular complexity index is 1020. The van der Waals surface area contributed by atoms with Crippen molar-refractivity contribution in [1.82, 2.24) is 0 Å². The van der Waals surface area contributed by atoms with Gasteiger partial charge in [0.2, 0.25) is 0 Å². The van der Waals surface area contributed by atoms with Gasteiger partial charge in [-0.2, -0.15) is 18.4 Å². The lowest BCUT2D eigenvalue weighted by molar-refractivity contribution is -0.385. The number of nitriles is 1.